The summed E-state index contributed by atoms with van der Waals surface area (Å²) in [6, 6.07) is -0.429. The van der Waals surface area contributed by atoms with E-state index in [1.54, 1.807) is 16.7 Å². The van der Waals surface area contributed by atoms with Crippen molar-refractivity contribution in [2.24, 2.45) is 11.8 Å². The lowest BCUT2D eigenvalue weighted by Gasteiger charge is -2.38. The number of carboxylic acids is 2. The second kappa shape index (κ2) is 7.40. The van der Waals surface area contributed by atoms with Gasteiger partial charge in [0.2, 0.25) is 5.91 Å². The first-order valence-corrected chi connectivity index (χ1v) is 7.31. The molecule has 0 aromatic heterocycles. The molecule has 0 aromatic carbocycles. The van der Waals surface area contributed by atoms with Crippen molar-refractivity contribution in [3.8, 4) is 0 Å². The minimum atomic E-state index is -1.12. The number of hydrogen-bond donors (Lipinski definition) is 2. The number of rotatable bonds is 6. The van der Waals surface area contributed by atoms with E-state index >= 15 is 0 Å². The second-order valence-electron chi connectivity index (χ2n) is 5.36. The van der Waals surface area contributed by atoms with Crippen LogP contribution in [-0.4, -0.2) is 70.1 Å². The molecule has 3 atom stereocenters. The van der Waals surface area contributed by atoms with Gasteiger partial charge in [-0.1, -0.05) is 0 Å². The van der Waals surface area contributed by atoms with E-state index in [1.165, 1.54) is 0 Å². The van der Waals surface area contributed by atoms with E-state index in [2.05, 4.69) is 0 Å². The van der Waals surface area contributed by atoms with E-state index < -0.39 is 29.8 Å². The van der Waals surface area contributed by atoms with Gasteiger partial charge >= 0.3 is 11.9 Å². The van der Waals surface area contributed by atoms with Crippen molar-refractivity contribution < 1.29 is 24.6 Å². The van der Waals surface area contributed by atoms with Gasteiger partial charge in [0.05, 0.1) is 17.9 Å². The van der Waals surface area contributed by atoms with E-state index in [9.17, 15) is 19.5 Å². The van der Waals surface area contributed by atoms with Crippen molar-refractivity contribution in [2.45, 2.75) is 33.2 Å². The quantitative estimate of drug-likeness (QED) is 0.734. The molecule has 1 aliphatic heterocycles. The zero-order valence-corrected chi connectivity index (χ0v) is 12.8. The molecule has 120 valence electrons. The summed E-state index contributed by atoms with van der Waals surface area (Å²) in [5.74, 6) is -4.09. The van der Waals surface area contributed by atoms with Crippen molar-refractivity contribution in [1.29, 1.82) is 0 Å². The van der Waals surface area contributed by atoms with Crippen LogP contribution in [0.15, 0.2) is 0 Å². The van der Waals surface area contributed by atoms with Gasteiger partial charge in [0.1, 0.15) is 0 Å². The van der Waals surface area contributed by atoms with Gasteiger partial charge in [-0.2, -0.15) is 0 Å². The van der Waals surface area contributed by atoms with Crippen LogP contribution in [0.3, 0.4) is 0 Å². The summed E-state index contributed by atoms with van der Waals surface area (Å²) in [5.41, 5.74) is 0. The maximum Gasteiger partial charge on any atom is 0.308 e. The van der Waals surface area contributed by atoms with Crippen LogP contribution >= 0.6 is 0 Å². The molecule has 0 aromatic rings. The Labute approximate surface area is 124 Å². The van der Waals surface area contributed by atoms with Crippen molar-refractivity contribution in [1.82, 2.24) is 9.80 Å². The minimum absolute atomic E-state index is 0.0436. The predicted octanol–water partition coefficient (Wildman–Crippen LogP) is 0.351. The van der Waals surface area contributed by atoms with Crippen LogP contribution < -0.4 is 0 Å². The molecule has 0 saturated carbocycles. The van der Waals surface area contributed by atoms with Gasteiger partial charge in [-0.05, 0) is 33.7 Å². The highest BCUT2D eigenvalue weighted by Gasteiger charge is 2.41. The van der Waals surface area contributed by atoms with Crippen LogP contribution in [0.2, 0.25) is 0 Å². The highest BCUT2D eigenvalue weighted by molar-refractivity contribution is 5.82. The highest BCUT2D eigenvalue weighted by atomic mass is 16.4. The number of carbonyl (C=O) groups is 3. The Bertz CT molecular complexity index is 408. The van der Waals surface area contributed by atoms with Crippen molar-refractivity contribution in [2.75, 3.05) is 26.2 Å². The first-order chi connectivity index (χ1) is 9.83. The van der Waals surface area contributed by atoms with Gasteiger partial charge in [-0.25, -0.2) is 0 Å². The fourth-order valence-corrected chi connectivity index (χ4v) is 2.83. The molecule has 1 heterocycles. The molecular weight excluding hydrogens is 276 g/mol. The van der Waals surface area contributed by atoms with E-state index in [4.69, 9.17) is 5.11 Å². The maximum absolute atomic E-state index is 12.3. The van der Waals surface area contributed by atoms with Crippen molar-refractivity contribution in [3.63, 3.8) is 0 Å². The van der Waals surface area contributed by atoms with Crippen LogP contribution in [0.25, 0.3) is 0 Å². The Morgan fingerprint density at radius 3 is 2.10 bits per heavy atom. The van der Waals surface area contributed by atoms with Crippen molar-refractivity contribution in [3.05, 3.63) is 0 Å². The molecule has 21 heavy (non-hydrogen) atoms. The van der Waals surface area contributed by atoms with Crippen LogP contribution in [0.1, 0.15) is 27.2 Å². The molecule has 7 nitrogen and oxygen atoms in total. The normalized spacial score (nSPS) is 24.3. The summed E-state index contributed by atoms with van der Waals surface area (Å²) in [5, 5.41) is 18.3. The molecule has 1 fully saturated rings. The number of aliphatic carboxylic acids is 2. The molecule has 1 amide bonds. The molecule has 0 spiro atoms. The lowest BCUT2D eigenvalue weighted by molar-refractivity contribution is -0.158. The number of piperidine rings is 1. The topological polar surface area (TPSA) is 98.2 Å². The molecule has 2 N–H and O–H groups in total. The fourth-order valence-electron chi connectivity index (χ4n) is 2.83. The number of nitrogens with zero attached hydrogens (tertiary/aromatic N) is 2. The van der Waals surface area contributed by atoms with Crippen LogP contribution in [-0.2, 0) is 14.4 Å². The molecule has 1 aliphatic rings. The maximum atomic E-state index is 12.3. The smallest absolute Gasteiger partial charge is 0.308 e. The predicted molar refractivity (Wildman–Crippen MR) is 75.8 cm³/mol. The number of carboxylic acid groups (broad SMARTS) is 2. The number of hydrogen-bond acceptors (Lipinski definition) is 4. The van der Waals surface area contributed by atoms with Crippen molar-refractivity contribution >= 4 is 17.8 Å². The Kier molecular flexibility index (Phi) is 6.14. The van der Waals surface area contributed by atoms with Crippen LogP contribution in [0.4, 0.5) is 0 Å². The van der Waals surface area contributed by atoms with Gasteiger partial charge in [-0.15, -0.1) is 0 Å². The molecular formula is C14H24N2O5. The molecule has 0 radical (unpaired) electrons. The number of amides is 1. The molecule has 1 saturated heterocycles. The van der Waals surface area contributed by atoms with Gasteiger partial charge in [-0.3, -0.25) is 19.3 Å². The van der Waals surface area contributed by atoms with Gasteiger partial charge < -0.3 is 15.1 Å². The third-order valence-electron chi connectivity index (χ3n) is 4.26. The first-order valence-electron chi connectivity index (χ1n) is 7.31. The molecule has 7 heteroatoms. The average Bonchev–Trinajstić information content (AvgIpc) is 2.46. The van der Waals surface area contributed by atoms with E-state index in [1.807, 2.05) is 13.8 Å². The zero-order chi connectivity index (χ0) is 16.2. The van der Waals surface area contributed by atoms with E-state index in [0.29, 0.717) is 19.6 Å². The number of carbonyl (C=O) groups excluding carboxylic acids is 1. The molecule has 0 bridgehead atoms. The van der Waals surface area contributed by atoms with E-state index in [0.717, 1.165) is 0 Å². The lowest BCUT2D eigenvalue weighted by atomic mass is 9.85. The van der Waals surface area contributed by atoms with E-state index in [-0.39, 0.29) is 18.9 Å². The number of likely N-dealkylation sites (N-methyl/N-ethyl adjacent to an activating group) is 1. The Balaban J connectivity index is 2.80. The third-order valence-corrected chi connectivity index (χ3v) is 4.26. The summed E-state index contributed by atoms with van der Waals surface area (Å²) >= 11 is 0. The zero-order valence-electron chi connectivity index (χ0n) is 12.8. The molecule has 0 aliphatic carbocycles. The standard InChI is InChI=1S/C14H24N2O5/c1-4-15(5-2)12(17)9(3)16-7-6-10(13(18)19)11(8-16)14(20)21/h9-11H,4-8H2,1-3H3,(H,18,19)(H,20,21). The summed E-state index contributed by atoms with van der Waals surface area (Å²) in [6.45, 7) is 7.27. The average molecular weight is 300 g/mol. The Hall–Kier alpha value is -1.63. The summed E-state index contributed by atoms with van der Waals surface area (Å²) in [4.78, 5) is 38.2. The molecule has 1 rings (SSSR count). The third kappa shape index (κ3) is 3.93. The Morgan fingerprint density at radius 1 is 1.14 bits per heavy atom. The molecule has 3 unspecified atom stereocenters. The summed E-state index contributed by atoms with van der Waals surface area (Å²) in [6.07, 6.45) is 0.252. The monoisotopic (exact) mass is 300 g/mol. The number of likely N-dealkylation sites (tertiary alicyclic amines) is 1. The van der Waals surface area contributed by atoms with Gasteiger partial charge in [0.25, 0.3) is 0 Å². The highest BCUT2D eigenvalue weighted by Crippen LogP contribution is 2.26. The Morgan fingerprint density at radius 2 is 1.67 bits per heavy atom. The SMILES string of the molecule is CCN(CC)C(=O)C(C)N1CCC(C(=O)O)C(C(=O)O)C1. The van der Waals surface area contributed by atoms with Crippen LogP contribution in [0, 0.1) is 11.8 Å². The lowest BCUT2D eigenvalue weighted by Crippen LogP contribution is -2.54. The van der Waals surface area contributed by atoms with Gasteiger partial charge in [0, 0.05) is 19.6 Å². The minimum Gasteiger partial charge on any atom is -0.481 e. The summed E-state index contributed by atoms with van der Waals surface area (Å²) in [7, 11) is 0. The fraction of sp³-hybridized carbons (Fsp3) is 0.786. The second-order valence-corrected chi connectivity index (χ2v) is 5.36. The summed E-state index contributed by atoms with van der Waals surface area (Å²) < 4.78 is 0. The van der Waals surface area contributed by atoms with Gasteiger partial charge in [0.15, 0.2) is 0 Å². The first kappa shape index (κ1) is 17.4. The largest absolute Gasteiger partial charge is 0.481 e. The van der Waals surface area contributed by atoms with Crippen LogP contribution in [0.5, 0.6) is 0 Å².